The second-order valence-corrected chi connectivity index (χ2v) is 4.71. The van der Waals surface area contributed by atoms with Gasteiger partial charge in [-0.05, 0) is 30.3 Å². The first kappa shape index (κ1) is 12.9. The van der Waals surface area contributed by atoms with E-state index in [1.54, 1.807) is 18.2 Å². The molecule has 4 nitrogen and oxygen atoms in total. The van der Waals surface area contributed by atoms with E-state index in [0.29, 0.717) is 16.9 Å². The summed E-state index contributed by atoms with van der Waals surface area (Å²) in [6.45, 7) is 1.47. The number of furan rings is 1. The van der Waals surface area contributed by atoms with Gasteiger partial charge in [0.05, 0.1) is 17.3 Å². The van der Waals surface area contributed by atoms with Gasteiger partial charge in [0.2, 0.25) is 0 Å². The molecule has 3 aromatic rings. The zero-order chi connectivity index (χ0) is 14.8. The van der Waals surface area contributed by atoms with Crippen LogP contribution in [-0.2, 0) is 0 Å². The molecule has 0 aliphatic heterocycles. The van der Waals surface area contributed by atoms with E-state index in [9.17, 15) is 4.79 Å². The zero-order valence-corrected chi connectivity index (χ0v) is 11.4. The molecular weight excluding hydrogens is 264 g/mol. The topological polar surface area (TPSA) is 66.0 Å². The van der Waals surface area contributed by atoms with E-state index in [1.165, 1.54) is 6.92 Å². The van der Waals surface area contributed by atoms with Crippen molar-refractivity contribution in [3.8, 4) is 6.07 Å². The van der Waals surface area contributed by atoms with Crippen molar-refractivity contribution in [3.05, 3.63) is 59.9 Å². The second kappa shape index (κ2) is 5.14. The maximum Gasteiger partial charge on any atom is 0.194 e. The number of carbonyl (C=O) groups is 1. The SMILES string of the molecule is CC(=O)c1cc2cccc(Nc3cccc(C#N)c3)c2o1. The zero-order valence-electron chi connectivity index (χ0n) is 11.4. The van der Waals surface area contributed by atoms with Crippen LogP contribution >= 0.6 is 0 Å². The van der Waals surface area contributed by atoms with Gasteiger partial charge in [-0.15, -0.1) is 0 Å². The van der Waals surface area contributed by atoms with Gasteiger partial charge < -0.3 is 9.73 Å². The number of hydrogen-bond donors (Lipinski definition) is 1. The Morgan fingerprint density at radius 3 is 2.76 bits per heavy atom. The third-order valence-electron chi connectivity index (χ3n) is 3.16. The number of nitrogens with one attached hydrogen (secondary N) is 1. The maximum atomic E-state index is 11.4. The van der Waals surface area contributed by atoms with E-state index in [0.717, 1.165) is 16.8 Å². The molecule has 0 radical (unpaired) electrons. The molecule has 0 atom stereocenters. The second-order valence-electron chi connectivity index (χ2n) is 4.71. The van der Waals surface area contributed by atoms with Gasteiger partial charge in [-0.1, -0.05) is 18.2 Å². The summed E-state index contributed by atoms with van der Waals surface area (Å²) in [4.78, 5) is 11.4. The van der Waals surface area contributed by atoms with Crippen LogP contribution in [0.25, 0.3) is 11.0 Å². The molecule has 0 saturated heterocycles. The van der Waals surface area contributed by atoms with Crippen LogP contribution in [0, 0.1) is 11.3 Å². The van der Waals surface area contributed by atoms with Crippen molar-refractivity contribution in [1.82, 2.24) is 0 Å². The molecule has 0 spiro atoms. The van der Waals surface area contributed by atoms with Crippen molar-refractivity contribution in [2.45, 2.75) is 6.92 Å². The minimum Gasteiger partial charge on any atom is -0.451 e. The summed E-state index contributed by atoms with van der Waals surface area (Å²) in [7, 11) is 0. The van der Waals surface area contributed by atoms with Crippen molar-refractivity contribution in [2.75, 3.05) is 5.32 Å². The maximum absolute atomic E-state index is 11.4. The molecule has 1 heterocycles. The monoisotopic (exact) mass is 276 g/mol. The van der Waals surface area contributed by atoms with Gasteiger partial charge in [0.15, 0.2) is 17.1 Å². The fraction of sp³-hybridized carbons (Fsp3) is 0.0588. The highest BCUT2D eigenvalue weighted by atomic mass is 16.3. The van der Waals surface area contributed by atoms with E-state index in [4.69, 9.17) is 9.68 Å². The number of fused-ring (bicyclic) bond motifs is 1. The predicted octanol–water partition coefficient (Wildman–Crippen LogP) is 4.25. The third-order valence-corrected chi connectivity index (χ3v) is 3.16. The quantitative estimate of drug-likeness (QED) is 0.726. The molecule has 0 saturated carbocycles. The minimum absolute atomic E-state index is 0.108. The summed E-state index contributed by atoms with van der Waals surface area (Å²) < 4.78 is 5.61. The first-order valence-corrected chi connectivity index (χ1v) is 6.48. The lowest BCUT2D eigenvalue weighted by Gasteiger charge is -2.07. The number of Topliss-reactive ketones (excluding diaryl/α,β-unsaturated/α-hetero) is 1. The highest BCUT2D eigenvalue weighted by Crippen LogP contribution is 2.29. The van der Waals surface area contributed by atoms with Crippen LogP contribution in [0.4, 0.5) is 11.4 Å². The number of rotatable bonds is 3. The molecule has 0 aliphatic rings. The fourth-order valence-corrected chi connectivity index (χ4v) is 2.16. The number of nitrogens with zero attached hydrogens (tertiary/aromatic N) is 1. The third kappa shape index (κ3) is 2.49. The molecule has 1 N–H and O–H groups in total. The number of para-hydroxylation sites is 1. The molecule has 0 bridgehead atoms. The summed E-state index contributed by atoms with van der Waals surface area (Å²) in [5.74, 6) is 0.230. The molecule has 0 aliphatic carbocycles. The number of ketones is 1. The Balaban J connectivity index is 2.04. The smallest absolute Gasteiger partial charge is 0.194 e. The van der Waals surface area contributed by atoms with Crippen LogP contribution in [-0.4, -0.2) is 5.78 Å². The van der Waals surface area contributed by atoms with E-state index >= 15 is 0 Å². The molecule has 0 unspecified atom stereocenters. The van der Waals surface area contributed by atoms with Gasteiger partial charge in [0, 0.05) is 18.0 Å². The number of hydrogen-bond acceptors (Lipinski definition) is 4. The lowest BCUT2D eigenvalue weighted by molar-refractivity contribution is 0.0989. The summed E-state index contributed by atoms with van der Waals surface area (Å²) in [6, 6.07) is 16.7. The number of anilines is 2. The Bertz CT molecular complexity index is 872. The van der Waals surface area contributed by atoms with E-state index in [1.807, 2.05) is 30.3 Å². The predicted molar refractivity (Wildman–Crippen MR) is 80.7 cm³/mol. The fourth-order valence-electron chi connectivity index (χ4n) is 2.16. The van der Waals surface area contributed by atoms with Crippen LogP contribution in [0.2, 0.25) is 0 Å². The largest absolute Gasteiger partial charge is 0.451 e. The molecule has 102 valence electrons. The van der Waals surface area contributed by atoms with Crippen LogP contribution in [0.3, 0.4) is 0 Å². The van der Waals surface area contributed by atoms with Crippen molar-refractivity contribution < 1.29 is 9.21 Å². The van der Waals surface area contributed by atoms with Crippen LogP contribution in [0.15, 0.2) is 52.9 Å². The average Bonchev–Trinajstić information content (AvgIpc) is 2.93. The van der Waals surface area contributed by atoms with Crippen molar-refractivity contribution in [1.29, 1.82) is 5.26 Å². The van der Waals surface area contributed by atoms with Crippen molar-refractivity contribution in [3.63, 3.8) is 0 Å². The summed E-state index contributed by atoms with van der Waals surface area (Å²) in [6.07, 6.45) is 0. The molecule has 21 heavy (non-hydrogen) atoms. The number of benzene rings is 2. The standard InChI is InChI=1S/C17H12N2O2/c1-11(20)16-9-13-5-3-7-15(17(13)21-16)19-14-6-2-4-12(8-14)10-18/h2-9,19H,1H3. The summed E-state index contributed by atoms with van der Waals surface area (Å²) >= 11 is 0. The van der Waals surface area contributed by atoms with Gasteiger partial charge in [-0.25, -0.2) is 0 Å². The lowest BCUT2D eigenvalue weighted by Crippen LogP contribution is -1.91. The average molecular weight is 276 g/mol. The molecule has 1 aromatic heterocycles. The molecule has 3 rings (SSSR count). The molecular formula is C17H12N2O2. The van der Waals surface area contributed by atoms with Crippen molar-refractivity contribution in [2.24, 2.45) is 0 Å². The van der Waals surface area contributed by atoms with Gasteiger partial charge >= 0.3 is 0 Å². The van der Waals surface area contributed by atoms with E-state index < -0.39 is 0 Å². The highest BCUT2D eigenvalue weighted by molar-refractivity contribution is 5.99. The van der Waals surface area contributed by atoms with Crippen molar-refractivity contribution >= 4 is 28.1 Å². The van der Waals surface area contributed by atoms with Crippen LogP contribution in [0.5, 0.6) is 0 Å². The van der Waals surface area contributed by atoms with Crippen LogP contribution < -0.4 is 5.32 Å². The Kier molecular flexibility index (Phi) is 3.17. The first-order chi connectivity index (χ1) is 10.2. The Morgan fingerprint density at radius 1 is 1.19 bits per heavy atom. The molecule has 0 amide bonds. The van der Waals surface area contributed by atoms with Gasteiger partial charge in [-0.2, -0.15) is 5.26 Å². The molecule has 0 fully saturated rings. The van der Waals surface area contributed by atoms with E-state index in [2.05, 4.69) is 11.4 Å². The van der Waals surface area contributed by atoms with E-state index in [-0.39, 0.29) is 5.78 Å². The Hall–Kier alpha value is -3.06. The number of nitriles is 1. The van der Waals surface area contributed by atoms with Gasteiger partial charge in [0.1, 0.15) is 0 Å². The van der Waals surface area contributed by atoms with Gasteiger partial charge in [0.25, 0.3) is 0 Å². The lowest BCUT2D eigenvalue weighted by atomic mass is 10.2. The molecule has 4 heteroatoms. The van der Waals surface area contributed by atoms with Crippen LogP contribution in [0.1, 0.15) is 23.0 Å². The highest BCUT2D eigenvalue weighted by Gasteiger charge is 2.11. The Morgan fingerprint density at radius 2 is 2.00 bits per heavy atom. The number of carbonyl (C=O) groups excluding carboxylic acids is 1. The molecule has 2 aromatic carbocycles. The minimum atomic E-state index is -0.108. The first-order valence-electron chi connectivity index (χ1n) is 6.48. The summed E-state index contributed by atoms with van der Waals surface area (Å²) in [5, 5.41) is 13.0. The van der Waals surface area contributed by atoms with Gasteiger partial charge in [-0.3, -0.25) is 4.79 Å². The Labute approximate surface area is 121 Å². The normalized spacial score (nSPS) is 10.3. The summed E-state index contributed by atoms with van der Waals surface area (Å²) in [5.41, 5.74) is 2.76.